The highest BCUT2D eigenvalue weighted by Crippen LogP contribution is 2.23. The molecule has 0 aliphatic carbocycles. The minimum Gasteiger partial charge on any atom is -0.378 e. The second-order valence-corrected chi connectivity index (χ2v) is 7.10. The van der Waals surface area contributed by atoms with E-state index in [9.17, 15) is 12.8 Å². The van der Waals surface area contributed by atoms with Crippen molar-refractivity contribution in [1.29, 1.82) is 0 Å². The molecule has 3 N–H and O–H groups in total. The second kappa shape index (κ2) is 6.39. The Morgan fingerprint density at radius 1 is 1.24 bits per heavy atom. The Kier molecular flexibility index (Phi) is 4.41. The van der Waals surface area contributed by atoms with Gasteiger partial charge in [-0.05, 0) is 35.9 Å². The van der Waals surface area contributed by atoms with Crippen LogP contribution in [0.4, 0.5) is 10.1 Å². The molecule has 10 heteroatoms. The average Bonchev–Trinajstić information content (AvgIpc) is 2.95. The molecule has 0 saturated carbocycles. The van der Waals surface area contributed by atoms with Crippen molar-refractivity contribution in [2.24, 2.45) is 5.14 Å². The number of hydrogen-bond acceptors (Lipinski definition) is 5. The Morgan fingerprint density at radius 3 is 2.64 bits per heavy atom. The van der Waals surface area contributed by atoms with Gasteiger partial charge in [-0.2, -0.15) is 13.1 Å². The van der Waals surface area contributed by atoms with E-state index in [1.807, 2.05) is 37.2 Å². The number of nitrogens with one attached hydrogen (secondary N) is 1. The highest BCUT2D eigenvalue weighted by molar-refractivity contribution is 7.87. The fraction of sp³-hybridized carbons (Fsp3) is 0.200. The molecular weight excluding hydrogens is 347 g/mol. The molecule has 0 radical (unpaired) electrons. The number of halogens is 1. The summed E-state index contributed by atoms with van der Waals surface area (Å²) >= 11 is 0. The van der Waals surface area contributed by atoms with Gasteiger partial charge in [0.2, 0.25) is 0 Å². The Bertz CT molecular complexity index is 1030. The van der Waals surface area contributed by atoms with Crippen molar-refractivity contribution in [3.8, 4) is 5.69 Å². The van der Waals surface area contributed by atoms with Gasteiger partial charge in [0.25, 0.3) is 10.2 Å². The SMILES string of the molecule is CN(C)c1ccc2c(c1)nnn2-c1ccc(CNS(N)(=O)=O)cc1F. The molecule has 0 aliphatic heterocycles. The standard InChI is InChI=1S/C15H17FN6O2S/c1-21(2)11-4-6-15-13(8-11)19-20-22(15)14-5-3-10(7-12(14)16)9-18-25(17,23)24/h3-8,18H,9H2,1-2H3,(H2,17,23,24). The van der Waals surface area contributed by atoms with Crippen LogP contribution in [0.1, 0.15) is 5.56 Å². The topological polar surface area (TPSA) is 106 Å². The summed E-state index contributed by atoms with van der Waals surface area (Å²) in [6.45, 7) is -0.0969. The highest BCUT2D eigenvalue weighted by atomic mass is 32.2. The number of benzene rings is 2. The largest absolute Gasteiger partial charge is 0.378 e. The zero-order valence-electron chi connectivity index (χ0n) is 13.6. The maximum atomic E-state index is 14.5. The Labute approximate surface area is 144 Å². The van der Waals surface area contributed by atoms with Gasteiger partial charge >= 0.3 is 0 Å². The number of anilines is 1. The van der Waals surface area contributed by atoms with Crippen LogP contribution in [0.15, 0.2) is 36.4 Å². The van der Waals surface area contributed by atoms with Crippen LogP contribution in [0.25, 0.3) is 16.7 Å². The second-order valence-electron chi connectivity index (χ2n) is 5.72. The molecule has 0 aliphatic rings. The average molecular weight is 364 g/mol. The van der Waals surface area contributed by atoms with Gasteiger partial charge in [0.15, 0.2) is 0 Å². The van der Waals surface area contributed by atoms with Crippen LogP contribution in [-0.2, 0) is 16.8 Å². The zero-order valence-corrected chi connectivity index (χ0v) is 14.5. The summed E-state index contributed by atoms with van der Waals surface area (Å²) < 4.78 is 39.8. The predicted octanol–water partition coefficient (Wildman–Crippen LogP) is 0.919. The quantitative estimate of drug-likeness (QED) is 0.700. The van der Waals surface area contributed by atoms with Gasteiger partial charge in [0, 0.05) is 26.3 Å². The third kappa shape index (κ3) is 3.76. The van der Waals surface area contributed by atoms with Crippen molar-refractivity contribution in [3.63, 3.8) is 0 Å². The summed E-state index contributed by atoms with van der Waals surface area (Å²) in [4.78, 5) is 1.94. The molecule has 25 heavy (non-hydrogen) atoms. The maximum Gasteiger partial charge on any atom is 0.274 e. The summed E-state index contributed by atoms with van der Waals surface area (Å²) in [5.74, 6) is -0.544. The van der Waals surface area contributed by atoms with Gasteiger partial charge in [-0.3, -0.25) is 0 Å². The van der Waals surface area contributed by atoms with Crippen LogP contribution in [0.2, 0.25) is 0 Å². The maximum absolute atomic E-state index is 14.5. The van der Waals surface area contributed by atoms with Gasteiger partial charge in [-0.1, -0.05) is 11.3 Å². The first-order valence-electron chi connectivity index (χ1n) is 7.33. The number of rotatable bonds is 5. The molecule has 0 amide bonds. The zero-order chi connectivity index (χ0) is 18.2. The first-order valence-corrected chi connectivity index (χ1v) is 8.88. The molecule has 0 saturated heterocycles. The van der Waals surface area contributed by atoms with Gasteiger partial charge < -0.3 is 4.90 Å². The summed E-state index contributed by atoms with van der Waals surface area (Å²) in [6.07, 6.45) is 0. The van der Waals surface area contributed by atoms with Crippen molar-refractivity contribution >= 4 is 26.9 Å². The molecule has 0 fully saturated rings. The van der Waals surface area contributed by atoms with Gasteiger partial charge in [-0.15, -0.1) is 5.10 Å². The first-order chi connectivity index (χ1) is 11.7. The molecule has 1 aromatic heterocycles. The molecule has 0 unspecified atom stereocenters. The number of hydrogen-bond donors (Lipinski definition) is 2. The van der Waals surface area contributed by atoms with Crippen LogP contribution < -0.4 is 14.8 Å². The van der Waals surface area contributed by atoms with Gasteiger partial charge in [0.05, 0.1) is 5.52 Å². The van der Waals surface area contributed by atoms with Gasteiger partial charge in [-0.25, -0.2) is 14.2 Å². The summed E-state index contributed by atoms with van der Waals surface area (Å²) in [5.41, 5.74) is 2.93. The van der Waals surface area contributed by atoms with Crippen molar-refractivity contribution in [2.75, 3.05) is 19.0 Å². The lowest BCUT2D eigenvalue weighted by Gasteiger charge is -2.12. The fourth-order valence-corrected chi connectivity index (χ4v) is 2.75. The summed E-state index contributed by atoms with van der Waals surface area (Å²) in [5, 5.41) is 13.0. The monoisotopic (exact) mass is 364 g/mol. The summed E-state index contributed by atoms with van der Waals surface area (Å²) in [7, 11) is -0.00000636. The van der Waals surface area contributed by atoms with E-state index in [-0.39, 0.29) is 12.2 Å². The molecule has 1 heterocycles. The van der Waals surface area contributed by atoms with Crippen molar-refractivity contribution in [1.82, 2.24) is 19.7 Å². The van der Waals surface area contributed by atoms with E-state index in [0.717, 1.165) is 5.69 Å². The molecule has 0 atom stereocenters. The van der Waals surface area contributed by atoms with Crippen molar-refractivity contribution in [3.05, 3.63) is 47.8 Å². The fourth-order valence-electron chi connectivity index (χ4n) is 2.38. The number of fused-ring (bicyclic) bond motifs is 1. The van der Waals surface area contributed by atoms with E-state index in [2.05, 4.69) is 15.0 Å². The number of aromatic nitrogens is 3. The third-order valence-corrected chi connectivity index (χ3v) is 4.21. The van der Waals surface area contributed by atoms with E-state index in [4.69, 9.17) is 5.14 Å². The van der Waals surface area contributed by atoms with Gasteiger partial charge in [0.1, 0.15) is 17.0 Å². The summed E-state index contributed by atoms with van der Waals surface area (Å²) in [6, 6.07) is 9.92. The Morgan fingerprint density at radius 2 is 2.00 bits per heavy atom. The molecule has 0 spiro atoms. The molecule has 132 valence electrons. The lowest BCUT2D eigenvalue weighted by atomic mass is 10.2. The minimum atomic E-state index is -3.83. The third-order valence-electron chi connectivity index (χ3n) is 3.66. The van der Waals surface area contributed by atoms with Crippen LogP contribution in [0.3, 0.4) is 0 Å². The lowest BCUT2D eigenvalue weighted by Crippen LogP contribution is -2.30. The molecule has 2 aromatic carbocycles. The molecular formula is C15H17FN6O2S. The van der Waals surface area contributed by atoms with Crippen molar-refractivity contribution in [2.45, 2.75) is 6.54 Å². The Hall–Kier alpha value is -2.56. The normalized spacial score (nSPS) is 11.8. The van der Waals surface area contributed by atoms with E-state index in [1.165, 1.54) is 16.8 Å². The molecule has 3 rings (SSSR count). The smallest absolute Gasteiger partial charge is 0.274 e. The number of nitrogens with zero attached hydrogens (tertiary/aromatic N) is 4. The molecule has 0 bridgehead atoms. The van der Waals surface area contributed by atoms with E-state index < -0.39 is 16.0 Å². The molecule has 8 nitrogen and oxygen atoms in total. The van der Waals surface area contributed by atoms with E-state index >= 15 is 0 Å². The van der Waals surface area contributed by atoms with E-state index in [1.54, 1.807) is 6.07 Å². The predicted molar refractivity (Wildman–Crippen MR) is 93.1 cm³/mol. The van der Waals surface area contributed by atoms with Crippen LogP contribution in [0, 0.1) is 5.82 Å². The lowest BCUT2D eigenvalue weighted by molar-refractivity contribution is 0.581. The minimum absolute atomic E-state index is 0.0969. The van der Waals surface area contributed by atoms with E-state index in [0.29, 0.717) is 16.6 Å². The Balaban J connectivity index is 1.95. The number of nitrogens with two attached hydrogens (primary N) is 1. The first kappa shape index (κ1) is 17.3. The van der Waals surface area contributed by atoms with Crippen molar-refractivity contribution < 1.29 is 12.8 Å². The van der Waals surface area contributed by atoms with Crippen LogP contribution >= 0.6 is 0 Å². The molecule has 3 aromatic rings. The van der Waals surface area contributed by atoms with Crippen LogP contribution in [-0.4, -0.2) is 37.5 Å². The highest BCUT2D eigenvalue weighted by Gasteiger charge is 2.13. The van der Waals surface area contributed by atoms with Crippen LogP contribution in [0.5, 0.6) is 0 Å².